The van der Waals surface area contributed by atoms with Crippen LogP contribution in [0.1, 0.15) is 16.7 Å². The zero-order valence-corrected chi connectivity index (χ0v) is 37.2. The summed E-state index contributed by atoms with van der Waals surface area (Å²) >= 11 is 0. The Labute approximate surface area is 389 Å². The minimum Gasteiger partial charge on any atom is -0.456 e. The largest absolute Gasteiger partial charge is 0.456 e. The van der Waals surface area contributed by atoms with Gasteiger partial charge in [-0.05, 0) is 128 Å². The predicted molar refractivity (Wildman–Crippen MR) is 285 cm³/mol. The molecule has 13 aromatic rings. The van der Waals surface area contributed by atoms with Crippen LogP contribution in [0.4, 0.5) is 0 Å². The molecule has 0 spiro atoms. The van der Waals surface area contributed by atoms with Gasteiger partial charge < -0.3 is 14.7 Å². The van der Waals surface area contributed by atoms with E-state index in [1.165, 1.54) is 76.4 Å². The van der Waals surface area contributed by atoms with E-state index in [4.69, 9.17) is 10.2 Å². The van der Waals surface area contributed by atoms with E-state index in [1.807, 2.05) is 18.2 Å². The average Bonchev–Trinajstić information content (AvgIpc) is 3.94. The predicted octanol–water partition coefficient (Wildman–Crippen LogP) is 17.0. The summed E-state index contributed by atoms with van der Waals surface area (Å²) in [6.45, 7) is 2.13. The zero-order chi connectivity index (χ0) is 44.8. The van der Waals surface area contributed by atoms with Gasteiger partial charge in [-0.1, -0.05) is 194 Å². The number of rotatable bonds is 6. The summed E-state index contributed by atoms with van der Waals surface area (Å²) in [4.78, 5) is 0. The van der Waals surface area contributed by atoms with Gasteiger partial charge in [-0.15, -0.1) is 0 Å². The SMILES string of the molecule is Cc1ccc(-c2ccc3c4ccccc4c4ccccc4c3c2)cc1.N/C(=C\Cc1ccc(-n2c3ccccc3c3ccccc32)cc1)c1ccc(-c2ccc3oc4ccccc4c3c2)cc1. The van der Waals surface area contributed by atoms with Crippen LogP contribution < -0.4 is 5.73 Å². The van der Waals surface area contributed by atoms with Crippen LogP contribution in [0, 0.1) is 6.92 Å². The normalized spacial score (nSPS) is 11.9. The number of aryl methyl sites for hydroxylation is 1. The first kappa shape index (κ1) is 39.9. The summed E-state index contributed by atoms with van der Waals surface area (Å²) in [5.74, 6) is 0. The lowest BCUT2D eigenvalue weighted by Gasteiger charge is -2.12. The molecule has 0 saturated heterocycles. The maximum absolute atomic E-state index is 6.53. The lowest BCUT2D eigenvalue weighted by Crippen LogP contribution is -1.98. The molecule has 0 aliphatic rings. The molecule has 3 heteroatoms. The van der Waals surface area contributed by atoms with E-state index in [-0.39, 0.29) is 0 Å². The first-order valence-electron chi connectivity index (χ1n) is 23.0. The van der Waals surface area contributed by atoms with Crippen molar-refractivity contribution in [3.8, 4) is 27.9 Å². The third-order valence-electron chi connectivity index (χ3n) is 13.4. The van der Waals surface area contributed by atoms with Gasteiger partial charge in [0.25, 0.3) is 0 Å². The monoisotopic (exact) mass is 858 g/mol. The second kappa shape index (κ2) is 16.7. The summed E-state index contributed by atoms with van der Waals surface area (Å²) in [5, 5.41) is 12.8. The molecule has 13 rings (SSSR count). The molecule has 2 N–H and O–H groups in total. The fourth-order valence-electron chi connectivity index (χ4n) is 9.92. The van der Waals surface area contributed by atoms with Crippen molar-refractivity contribution in [3.05, 3.63) is 253 Å². The minimum atomic E-state index is 0.769. The van der Waals surface area contributed by atoms with Crippen molar-refractivity contribution in [1.29, 1.82) is 0 Å². The molecule has 11 aromatic carbocycles. The quantitative estimate of drug-likeness (QED) is 0.169. The van der Waals surface area contributed by atoms with Crippen LogP contribution in [0.2, 0.25) is 0 Å². The van der Waals surface area contributed by atoms with E-state index in [2.05, 4.69) is 230 Å². The maximum Gasteiger partial charge on any atom is 0.135 e. The number of nitrogens with zero attached hydrogens (tertiary/aromatic N) is 1. The number of hydrogen-bond donors (Lipinski definition) is 1. The van der Waals surface area contributed by atoms with E-state index in [9.17, 15) is 0 Å². The van der Waals surface area contributed by atoms with Crippen molar-refractivity contribution in [1.82, 2.24) is 4.57 Å². The van der Waals surface area contributed by atoms with Crippen molar-refractivity contribution in [2.75, 3.05) is 0 Å². The third kappa shape index (κ3) is 7.28. The van der Waals surface area contributed by atoms with Crippen LogP contribution in [0.15, 0.2) is 241 Å². The molecule has 0 atom stereocenters. The number of hydrogen-bond acceptors (Lipinski definition) is 2. The Morgan fingerprint density at radius 2 is 0.851 bits per heavy atom. The first-order chi connectivity index (χ1) is 33.0. The second-order valence-corrected chi connectivity index (χ2v) is 17.5. The topological polar surface area (TPSA) is 44.1 Å². The molecular formula is C64H46N2O. The molecule has 0 saturated carbocycles. The second-order valence-electron chi connectivity index (χ2n) is 17.5. The molecule has 318 valence electrons. The standard InChI is InChI=1S/C39H28N2O.C25H18/c40-35(28-18-16-27(17-19-28)29-20-24-39-34(25-29)33-9-3-6-12-38(33)42-39)23-15-26-13-21-30(22-14-26)41-36-10-4-1-7-31(36)32-8-2-5-11-37(32)41;1-17-10-12-18(13-11-17)19-14-15-24-22-8-3-2-6-20(22)21-7-4-5-9-23(21)25(24)16-19/h1-14,16-25H,15,40H2;2-16H,1H3/b35-23-;. The summed E-state index contributed by atoms with van der Waals surface area (Å²) in [5.41, 5.74) is 21.1. The highest BCUT2D eigenvalue weighted by Crippen LogP contribution is 2.38. The fourth-order valence-corrected chi connectivity index (χ4v) is 9.92. The number of para-hydroxylation sites is 3. The Balaban J connectivity index is 0.000000159. The molecule has 0 aliphatic carbocycles. The highest BCUT2D eigenvalue weighted by Gasteiger charge is 2.13. The summed E-state index contributed by atoms with van der Waals surface area (Å²) in [6.07, 6.45) is 2.87. The Hall–Kier alpha value is -8.66. The van der Waals surface area contributed by atoms with Gasteiger partial charge in [-0.25, -0.2) is 0 Å². The van der Waals surface area contributed by atoms with Gasteiger partial charge in [0.15, 0.2) is 0 Å². The van der Waals surface area contributed by atoms with Gasteiger partial charge in [-0.3, -0.25) is 0 Å². The highest BCUT2D eigenvalue weighted by molar-refractivity contribution is 6.25. The van der Waals surface area contributed by atoms with Crippen molar-refractivity contribution >= 4 is 81.8 Å². The Bertz CT molecular complexity index is 3910. The van der Waals surface area contributed by atoms with Crippen LogP contribution >= 0.6 is 0 Å². The number of furan rings is 1. The lowest BCUT2D eigenvalue weighted by atomic mass is 9.92. The molecular weight excluding hydrogens is 813 g/mol. The highest BCUT2D eigenvalue weighted by atomic mass is 16.3. The van der Waals surface area contributed by atoms with Crippen LogP contribution in [0.5, 0.6) is 0 Å². The van der Waals surface area contributed by atoms with Gasteiger partial charge in [0.2, 0.25) is 0 Å². The molecule has 3 nitrogen and oxygen atoms in total. The number of nitrogens with two attached hydrogens (primary N) is 1. The van der Waals surface area contributed by atoms with Crippen LogP contribution in [-0.4, -0.2) is 4.57 Å². The lowest BCUT2D eigenvalue weighted by molar-refractivity contribution is 0.669. The molecule has 67 heavy (non-hydrogen) atoms. The average molecular weight is 859 g/mol. The van der Waals surface area contributed by atoms with Gasteiger partial charge in [0, 0.05) is 32.9 Å². The molecule has 0 unspecified atom stereocenters. The van der Waals surface area contributed by atoms with Gasteiger partial charge in [0.05, 0.1) is 11.0 Å². The molecule has 0 fully saturated rings. The molecule has 0 aliphatic heterocycles. The van der Waals surface area contributed by atoms with E-state index in [0.717, 1.165) is 56.4 Å². The Morgan fingerprint density at radius 1 is 0.403 bits per heavy atom. The van der Waals surface area contributed by atoms with Crippen molar-refractivity contribution in [2.45, 2.75) is 13.3 Å². The molecule has 0 amide bonds. The zero-order valence-electron chi connectivity index (χ0n) is 37.2. The smallest absolute Gasteiger partial charge is 0.135 e. The fraction of sp³-hybridized carbons (Fsp3) is 0.0312. The molecule has 0 radical (unpaired) electrons. The van der Waals surface area contributed by atoms with Crippen LogP contribution in [-0.2, 0) is 6.42 Å². The van der Waals surface area contributed by atoms with Crippen molar-refractivity contribution in [3.63, 3.8) is 0 Å². The molecule has 2 heterocycles. The first-order valence-corrected chi connectivity index (χ1v) is 23.0. The summed E-state index contributed by atoms with van der Waals surface area (Å²) in [6, 6.07) is 82.1. The molecule has 2 aromatic heterocycles. The number of fused-ring (bicyclic) bond motifs is 12. The van der Waals surface area contributed by atoms with E-state index < -0.39 is 0 Å². The number of aromatic nitrogens is 1. The summed E-state index contributed by atoms with van der Waals surface area (Å²) in [7, 11) is 0. The number of allylic oxidation sites excluding steroid dienone is 1. The maximum atomic E-state index is 6.53. The van der Waals surface area contributed by atoms with Crippen molar-refractivity contribution in [2.24, 2.45) is 5.73 Å². The Morgan fingerprint density at radius 3 is 1.46 bits per heavy atom. The molecule has 0 bridgehead atoms. The number of benzene rings is 11. The third-order valence-corrected chi connectivity index (χ3v) is 13.4. The van der Waals surface area contributed by atoms with E-state index in [1.54, 1.807) is 0 Å². The minimum absolute atomic E-state index is 0.769. The van der Waals surface area contributed by atoms with E-state index in [0.29, 0.717) is 0 Å². The van der Waals surface area contributed by atoms with Gasteiger partial charge >= 0.3 is 0 Å². The van der Waals surface area contributed by atoms with Crippen LogP contribution in [0.25, 0.3) is 110 Å². The Kier molecular flexibility index (Phi) is 9.95. The summed E-state index contributed by atoms with van der Waals surface area (Å²) < 4.78 is 8.33. The van der Waals surface area contributed by atoms with Crippen molar-refractivity contribution < 1.29 is 4.42 Å². The van der Waals surface area contributed by atoms with Gasteiger partial charge in [0.1, 0.15) is 11.2 Å². The van der Waals surface area contributed by atoms with Crippen LogP contribution in [0.3, 0.4) is 0 Å². The van der Waals surface area contributed by atoms with Gasteiger partial charge in [-0.2, -0.15) is 0 Å². The van der Waals surface area contributed by atoms with E-state index >= 15 is 0 Å².